The summed E-state index contributed by atoms with van der Waals surface area (Å²) in [7, 11) is 1.58. The van der Waals surface area contributed by atoms with E-state index in [1.807, 2.05) is 6.07 Å². The molecule has 0 unspecified atom stereocenters. The molecule has 5 nitrogen and oxygen atoms in total. The van der Waals surface area contributed by atoms with E-state index in [0.29, 0.717) is 40.8 Å². The van der Waals surface area contributed by atoms with Crippen LogP contribution in [0.2, 0.25) is 0 Å². The Balaban J connectivity index is 1.59. The van der Waals surface area contributed by atoms with Gasteiger partial charge in [0.05, 0.1) is 5.39 Å². The van der Waals surface area contributed by atoms with Crippen LogP contribution in [0.15, 0.2) is 41.2 Å². The minimum Gasteiger partial charge on any atom is -0.350 e. The summed E-state index contributed by atoms with van der Waals surface area (Å²) in [5.41, 5.74) is 0.136. The third-order valence-corrected chi connectivity index (χ3v) is 5.11. The van der Waals surface area contributed by atoms with Crippen molar-refractivity contribution in [3.8, 4) is 0 Å². The van der Waals surface area contributed by atoms with Crippen molar-refractivity contribution in [3.05, 3.63) is 52.5 Å². The van der Waals surface area contributed by atoms with E-state index in [1.165, 1.54) is 11.1 Å². The first-order valence-electron chi connectivity index (χ1n) is 8.06. The maximum Gasteiger partial charge on any atom is 0.274 e. The van der Waals surface area contributed by atoms with Gasteiger partial charge in [0.2, 0.25) is 0 Å². The van der Waals surface area contributed by atoms with Crippen molar-refractivity contribution in [2.75, 3.05) is 6.54 Å². The van der Waals surface area contributed by atoms with Gasteiger partial charge >= 0.3 is 0 Å². The first kappa shape index (κ1) is 14.2. The molecule has 23 heavy (non-hydrogen) atoms. The van der Waals surface area contributed by atoms with Crippen LogP contribution in [0, 0.1) is 17.8 Å². The smallest absolute Gasteiger partial charge is 0.274 e. The first-order chi connectivity index (χ1) is 11.1. The van der Waals surface area contributed by atoms with Crippen LogP contribution in [0.4, 0.5) is 0 Å². The molecule has 2 bridgehead atoms. The minimum atomic E-state index is -0.205. The fourth-order valence-electron chi connectivity index (χ4n) is 3.90. The number of fused-ring (bicyclic) bond motifs is 3. The van der Waals surface area contributed by atoms with E-state index in [2.05, 4.69) is 22.6 Å². The quantitative estimate of drug-likeness (QED) is 0.881. The van der Waals surface area contributed by atoms with Gasteiger partial charge in [-0.1, -0.05) is 30.4 Å². The minimum absolute atomic E-state index is 0.185. The molecule has 2 aliphatic rings. The van der Waals surface area contributed by atoms with Crippen molar-refractivity contribution in [2.45, 2.75) is 12.8 Å². The normalized spacial score (nSPS) is 25.2. The molecule has 0 spiro atoms. The lowest BCUT2D eigenvalue weighted by atomic mass is 9.93. The molecule has 2 aliphatic carbocycles. The van der Waals surface area contributed by atoms with Crippen LogP contribution in [-0.2, 0) is 7.05 Å². The Kier molecular flexibility index (Phi) is 3.29. The predicted octanol–water partition coefficient (Wildman–Crippen LogP) is 1.88. The molecule has 0 radical (unpaired) electrons. The highest BCUT2D eigenvalue weighted by atomic mass is 16.2. The number of amides is 1. The summed E-state index contributed by atoms with van der Waals surface area (Å²) in [6.45, 7) is 0.670. The van der Waals surface area contributed by atoms with Gasteiger partial charge in [0.1, 0.15) is 0 Å². The second-order valence-electron chi connectivity index (χ2n) is 6.57. The first-order valence-corrected chi connectivity index (χ1v) is 8.06. The summed E-state index contributed by atoms with van der Waals surface area (Å²) in [6, 6.07) is 7.13. The van der Waals surface area contributed by atoms with E-state index < -0.39 is 0 Å². The van der Waals surface area contributed by atoms with E-state index in [9.17, 15) is 9.59 Å². The van der Waals surface area contributed by atoms with E-state index in [0.717, 1.165) is 6.42 Å². The number of rotatable bonds is 3. The number of carbonyl (C=O) groups excluding carboxylic acids is 1. The second kappa shape index (κ2) is 5.33. The topological polar surface area (TPSA) is 64.0 Å². The fourth-order valence-corrected chi connectivity index (χ4v) is 3.90. The summed E-state index contributed by atoms with van der Waals surface area (Å²) in [4.78, 5) is 24.7. The van der Waals surface area contributed by atoms with Crippen molar-refractivity contribution in [1.29, 1.82) is 0 Å². The Morgan fingerprint density at radius 2 is 2.04 bits per heavy atom. The largest absolute Gasteiger partial charge is 0.350 e. The molecule has 5 heteroatoms. The fraction of sp³-hybridized carbons (Fsp3) is 0.389. The molecule has 3 atom stereocenters. The summed E-state index contributed by atoms with van der Waals surface area (Å²) in [5, 5.41) is 8.32. The molecule has 1 fully saturated rings. The van der Waals surface area contributed by atoms with Gasteiger partial charge in [0.25, 0.3) is 11.5 Å². The Morgan fingerprint density at radius 3 is 2.74 bits per heavy atom. The molecule has 4 rings (SSSR count). The van der Waals surface area contributed by atoms with Crippen molar-refractivity contribution >= 4 is 16.7 Å². The SMILES string of the molecule is Cn1nc(C(=O)NC[C@H]2C[C@H]3C=C[C@H]2C3)c2ccccc2c1=O. The highest BCUT2D eigenvalue weighted by Gasteiger charge is 2.35. The lowest BCUT2D eigenvalue weighted by Gasteiger charge is -2.18. The lowest BCUT2D eigenvalue weighted by molar-refractivity contribution is 0.0940. The molecule has 2 aromatic rings. The van der Waals surface area contributed by atoms with E-state index in [4.69, 9.17) is 0 Å². The third kappa shape index (κ3) is 2.36. The Labute approximate surface area is 134 Å². The number of benzene rings is 1. The van der Waals surface area contributed by atoms with Crippen molar-refractivity contribution in [2.24, 2.45) is 24.8 Å². The highest BCUT2D eigenvalue weighted by Crippen LogP contribution is 2.42. The standard InChI is InChI=1S/C18H19N3O2/c1-21-18(23)15-5-3-2-4-14(15)16(20-21)17(22)19-10-13-9-11-6-7-12(13)8-11/h2-7,11-13H,8-10H2,1H3,(H,19,22)/t11-,12-,13+/m0/s1. The van der Waals surface area contributed by atoms with Crippen LogP contribution < -0.4 is 10.9 Å². The maximum absolute atomic E-state index is 12.6. The number of hydrogen-bond acceptors (Lipinski definition) is 3. The number of aryl methyl sites for hydroxylation is 1. The molecule has 1 aromatic heterocycles. The van der Waals surface area contributed by atoms with Crippen LogP contribution in [0.1, 0.15) is 23.3 Å². The molecule has 1 saturated carbocycles. The molecule has 1 N–H and O–H groups in total. The zero-order valence-corrected chi connectivity index (χ0v) is 13.0. The van der Waals surface area contributed by atoms with Gasteiger partial charge < -0.3 is 5.32 Å². The van der Waals surface area contributed by atoms with Gasteiger partial charge in [-0.05, 0) is 36.7 Å². The number of nitrogens with one attached hydrogen (secondary N) is 1. The Hall–Kier alpha value is -2.43. The number of nitrogens with zero attached hydrogens (tertiary/aromatic N) is 2. The average molecular weight is 309 g/mol. The summed E-state index contributed by atoms with van der Waals surface area (Å²) in [6.07, 6.45) is 6.96. The van der Waals surface area contributed by atoms with Crippen molar-refractivity contribution in [3.63, 3.8) is 0 Å². The Bertz CT molecular complexity index is 868. The van der Waals surface area contributed by atoms with Gasteiger partial charge in [0, 0.05) is 19.0 Å². The number of hydrogen-bond donors (Lipinski definition) is 1. The second-order valence-corrected chi connectivity index (χ2v) is 6.57. The molecule has 1 heterocycles. The summed E-state index contributed by atoms with van der Waals surface area (Å²) in [5.74, 6) is 1.61. The molecular formula is C18H19N3O2. The molecular weight excluding hydrogens is 290 g/mol. The third-order valence-electron chi connectivity index (χ3n) is 5.11. The molecule has 0 aliphatic heterocycles. The average Bonchev–Trinajstić information content (AvgIpc) is 3.19. The molecule has 1 amide bonds. The maximum atomic E-state index is 12.6. The number of carbonyl (C=O) groups is 1. The predicted molar refractivity (Wildman–Crippen MR) is 88.2 cm³/mol. The summed E-state index contributed by atoms with van der Waals surface area (Å²) < 4.78 is 1.23. The number of aromatic nitrogens is 2. The molecule has 0 saturated heterocycles. The zero-order chi connectivity index (χ0) is 16.0. The van der Waals surface area contributed by atoms with Crippen LogP contribution in [0.3, 0.4) is 0 Å². The van der Waals surface area contributed by atoms with Crippen LogP contribution in [0.5, 0.6) is 0 Å². The monoisotopic (exact) mass is 309 g/mol. The van der Waals surface area contributed by atoms with Crippen molar-refractivity contribution in [1.82, 2.24) is 15.1 Å². The summed E-state index contributed by atoms with van der Waals surface area (Å²) >= 11 is 0. The zero-order valence-electron chi connectivity index (χ0n) is 13.0. The van der Waals surface area contributed by atoms with Gasteiger partial charge in [-0.25, -0.2) is 4.68 Å². The van der Waals surface area contributed by atoms with Crippen LogP contribution in [-0.4, -0.2) is 22.2 Å². The van der Waals surface area contributed by atoms with Gasteiger partial charge in [-0.15, -0.1) is 0 Å². The van der Waals surface area contributed by atoms with E-state index >= 15 is 0 Å². The van der Waals surface area contributed by atoms with Crippen molar-refractivity contribution < 1.29 is 4.79 Å². The highest BCUT2D eigenvalue weighted by molar-refractivity contribution is 6.04. The van der Waals surface area contributed by atoms with E-state index in [1.54, 1.807) is 25.2 Å². The lowest BCUT2D eigenvalue weighted by Crippen LogP contribution is -2.33. The molecule has 1 aromatic carbocycles. The van der Waals surface area contributed by atoms with Crippen LogP contribution >= 0.6 is 0 Å². The van der Waals surface area contributed by atoms with Gasteiger partial charge in [0.15, 0.2) is 5.69 Å². The molecule has 118 valence electrons. The van der Waals surface area contributed by atoms with Crippen LogP contribution in [0.25, 0.3) is 10.8 Å². The van der Waals surface area contributed by atoms with Gasteiger partial charge in [-0.2, -0.15) is 5.10 Å². The number of allylic oxidation sites excluding steroid dienone is 2. The van der Waals surface area contributed by atoms with E-state index in [-0.39, 0.29) is 11.5 Å². The Morgan fingerprint density at radius 1 is 1.26 bits per heavy atom. The van der Waals surface area contributed by atoms with Gasteiger partial charge in [-0.3, -0.25) is 9.59 Å².